The van der Waals surface area contributed by atoms with E-state index in [2.05, 4.69) is 16.5 Å². The lowest BCUT2D eigenvalue weighted by molar-refractivity contribution is 1.28. The lowest BCUT2D eigenvalue weighted by atomic mass is 10.4. The van der Waals surface area contributed by atoms with Gasteiger partial charge in [-0.1, -0.05) is 12.6 Å². The molecule has 64 valence electrons. The Morgan fingerprint density at radius 3 is 2.92 bits per heavy atom. The molecular weight excluding hydrogens is 180 g/mol. The summed E-state index contributed by atoms with van der Waals surface area (Å²) < 4.78 is 0. The Kier molecular flexibility index (Phi) is 2.19. The number of nitrogens with zero attached hydrogens (tertiary/aromatic N) is 2. The highest BCUT2D eigenvalue weighted by atomic mass is 32.1. The third-order valence-electron chi connectivity index (χ3n) is 1.62. The van der Waals surface area contributed by atoms with E-state index in [-0.39, 0.29) is 0 Å². The summed E-state index contributed by atoms with van der Waals surface area (Å²) in [4.78, 5) is 8.55. The first-order valence-corrected chi connectivity index (χ1v) is 4.77. The van der Waals surface area contributed by atoms with Crippen molar-refractivity contribution in [1.29, 1.82) is 0 Å². The van der Waals surface area contributed by atoms with Gasteiger partial charge in [0, 0.05) is 11.6 Å². The van der Waals surface area contributed by atoms with E-state index in [4.69, 9.17) is 0 Å². The maximum absolute atomic E-state index is 4.34. The topological polar surface area (TPSA) is 25.8 Å². The molecule has 0 spiro atoms. The van der Waals surface area contributed by atoms with E-state index in [0.29, 0.717) is 0 Å². The molecule has 0 N–H and O–H groups in total. The van der Waals surface area contributed by atoms with Gasteiger partial charge in [0.05, 0.1) is 11.4 Å². The average molecular weight is 188 g/mol. The Hall–Kier alpha value is -1.48. The second-order valence-electron chi connectivity index (χ2n) is 2.50. The van der Waals surface area contributed by atoms with Crippen LogP contribution in [-0.2, 0) is 0 Å². The lowest BCUT2D eigenvalue weighted by Gasteiger charge is -1.91. The zero-order valence-electron chi connectivity index (χ0n) is 6.97. The van der Waals surface area contributed by atoms with Crippen molar-refractivity contribution in [2.45, 2.75) is 0 Å². The number of hydrogen-bond donors (Lipinski definition) is 0. The van der Waals surface area contributed by atoms with Crippen LogP contribution in [-0.4, -0.2) is 9.97 Å². The molecule has 0 radical (unpaired) electrons. The molecule has 0 atom stereocenters. The second-order valence-corrected chi connectivity index (χ2v) is 3.35. The van der Waals surface area contributed by atoms with Crippen LogP contribution in [0.2, 0.25) is 0 Å². The summed E-state index contributed by atoms with van der Waals surface area (Å²) in [5.74, 6) is 0. The molecule has 3 heteroatoms. The molecule has 2 aromatic rings. The zero-order valence-corrected chi connectivity index (χ0v) is 7.79. The van der Waals surface area contributed by atoms with Crippen LogP contribution in [0.1, 0.15) is 5.69 Å². The molecular formula is C10H8N2S. The maximum Gasteiger partial charge on any atom is 0.142 e. The molecule has 0 aromatic carbocycles. The first-order chi connectivity index (χ1) is 6.40. The van der Waals surface area contributed by atoms with E-state index in [9.17, 15) is 0 Å². The van der Waals surface area contributed by atoms with Crippen molar-refractivity contribution in [2.24, 2.45) is 0 Å². The van der Waals surface area contributed by atoms with Crippen LogP contribution in [0.5, 0.6) is 0 Å². The molecule has 0 aliphatic rings. The highest BCUT2D eigenvalue weighted by molar-refractivity contribution is 7.13. The molecule has 0 aliphatic carbocycles. The highest BCUT2D eigenvalue weighted by Crippen LogP contribution is 2.21. The first kappa shape index (κ1) is 8.13. The molecule has 0 unspecified atom stereocenters. The fourth-order valence-electron chi connectivity index (χ4n) is 0.987. The Balaban J connectivity index is 2.41. The zero-order chi connectivity index (χ0) is 9.10. The molecule has 2 rings (SSSR count). The van der Waals surface area contributed by atoms with Gasteiger partial charge < -0.3 is 0 Å². The molecule has 0 bridgehead atoms. The molecule has 0 saturated heterocycles. The number of aromatic nitrogens is 2. The summed E-state index contributed by atoms with van der Waals surface area (Å²) in [6.07, 6.45) is 3.51. The van der Waals surface area contributed by atoms with Crippen molar-refractivity contribution < 1.29 is 0 Å². The van der Waals surface area contributed by atoms with Crippen LogP contribution in [0.25, 0.3) is 16.8 Å². The minimum atomic E-state index is 0.908. The van der Waals surface area contributed by atoms with E-state index in [1.54, 1.807) is 23.6 Å². The largest absolute Gasteiger partial charge is 0.254 e. The van der Waals surface area contributed by atoms with Crippen molar-refractivity contribution >= 4 is 17.4 Å². The van der Waals surface area contributed by atoms with Crippen molar-refractivity contribution in [1.82, 2.24) is 9.97 Å². The summed E-state index contributed by atoms with van der Waals surface area (Å²) in [6, 6.07) is 5.80. The SMILES string of the molecule is C=Cc1csc(-c2ccccn2)n1. The highest BCUT2D eigenvalue weighted by Gasteiger charge is 2.02. The fourth-order valence-corrected chi connectivity index (χ4v) is 1.77. The van der Waals surface area contributed by atoms with Crippen LogP contribution in [0.4, 0.5) is 0 Å². The molecule has 0 amide bonds. The predicted molar refractivity (Wildman–Crippen MR) is 55.4 cm³/mol. The van der Waals surface area contributed by atoms with Gasteiger partial charge in [-0.05, 0) is 18.2 Å². The van der Waals surface area contributed by atoms with Gasteiger partial charge in [0.2, 0.25) is 0 Å². The smallest absolute Gasteiger partial charge is 0.142 e. The Bertz CT molecular complexity index is 406. The monoisotopic (exact) mass is 188 g/mol. The van der Waals surface area contributed by atoms with Gasteiger partial charge in [-0.15, -0.1) is 11.3 Å². The first-order valence-electron chi connectivity index (χ1n) is 3.89. The van der Waals surface area contributed by atoms with Crippen molar-refractivity contribution in [2.75, 3.05) is 0 Å². The van der Waals surface area contributed by atoms with Gasteiger partial charge >= 0.3 is 0 Å². The Morgan fingerprint density at radius 1 is 1.38 bits per heavy atom. The molecule has 2 nitrogen and oxygen atoms in total. The fraction of sp³-hybridized carbons (Fsp3) is 0. The van der Waals surface area contributed by atoms with Crippen LogP contribution < -0.4 is 0 Å². The maximum atomic E-state index is 4.34. The van der Waals surface area contributed by atoms with Crippen LogP contribution in [0.3, 0.4) is 0 Å². The second kappa shape index (κ2) is 3.49. The summed E-state index contributed by atoms with van der Waals surface area (Å²) >= 11 is 1.58. The predicted octanol–water partition coefficient (Wildman–Crippen LogP) is 2.85. The van der Waals surface area contributed by atoms with Gasteiger partial charge in [0.25, 0.3) is 0 Å². The van der Waals surface area contributed by atoms with E-state index >= 15 is 0 Å². The molecule has 0 saturated carbocycles. The van der Waals surface area contributed by atoms with Gasteiger partial charge in [-0.2, -0.15) is 0 Å². The van der Waals surface area contributed by atoms with Gasteiger partial charge in [0.1, 0.15) is 5.01 Å². The van der Waals surface area contributed by atoms with Crippen LogP contribution in [0, 0.1) is 0 Å². The summed E-state index contributed by atoms with van der Waals surface area (Å²) in [6.45, 7) is 3.66. The molecule has 2 heterocycles. The van der Waals surface area contributed by atoms with E-state index in [1.807, 2.05) is 23.6 Å². The third kappa shape index (κ3) is 1.65. The normalized spacial score (nSPS) is 9.85. The molecule has 2 aromatic heterocycles. The minimum absolute atomic E-state index is 0.908. The summed E-state index contributed by atoms with van der Waals surface area (Å²) in [7, 11) is 0. The Labute approximate surface area is 80.6 Å². The minimum Gasteiger partial charge on any atom is -0.254 e. The molecule has 0 fully saturated rings. The number of pyridine rings is 1. The van der Waals surface area contributed by atoms with Crippen molar-refractivity contribution in [3.63, 3.8) is 0 Å². The van der Waals surface area contributed by atoms with Crippen molar-refractivity contribution in [3.05, 3.63) is 42.0 Å². The number of hydrogen-bond acceptors (Lipinski definition) is 3. The van der Waals surface area contributed by atoms with Gasteiger partial charge in [-0.3, -0.25) is 4.98 Å². The number of thiazole rings is 1. The van der Waals surface area contributed by atoms with Crippen LogP contribution >= 0.6 is 11.3 Å². The molecule has 13 heavy (non-hydrogen) atoms. The third-order valence-corrected chi connectivity index (χ3v) is 2.50. The van der Waals surface area contributed by atoms with Gasteiger partial charge in [0.15, 0.2) is 0 Å². The lowest BCUT2D eigenvalue weighted by Crippen LogP contribution is -1.80. The van der Waals surface area contributed by atoms with E-state index in [1.165, 1.54) is 0 Å². The Morgan fingerprint density at radius 2 is 2.31 bits per heavy atom. The van der Waals surface area contributed by atoms with E-state index in [0.717, 1.165) is 16.4 Å². The number of rotatable bonds is 2. The molecule has 0 aliphatic heterocycles. The van der Waals surface area contributed by atoms with E-state index < -0.39 is 0 Å². The van der Waals surface area contributed by atoms with Gasteiger partial charge in [-0.25, -0.2) is 4.98 Å². The quantitative estimate of drug-likeness (QED) is 0.724. The summed E-state index contributed by atoms with van der Waals surface area (Å²) in [5, 5.41) is 2.91. The van der Waals surface area contributed by atoms with Crippen molar-refractivity contribution in [3.8, 4) is 10.7 Å². The average Bonchev–Trinajstić information content (AvgIpc) is 2.67. The standard InChI is InChI=1S/C10H8N2S/c1-2-8-7-13-10(12-8)9-5-3-4-6-11-9/h2-7H,1H2. The summed E-state index contributed by atoms with van der Waals surface area (Å²) in [5.41, 5.74) is 1.83. The van der Waals surface area contributed by atoms with Crippen LogP contribution in [0.15, 0.2) is 36.4 Å².